The van der Waals surface area contributed by atoms with Crippen molar-refractivity contribution in [1.29, 1.82) is 0 Å². The molecule has 0 amide bonds. The minimum atomic E-state index is 0.793. The first kappa shape index (κ1) is 13.5. The Kier molecular flexibility index (Phi) is 3.95. The third-order valence-electron chi connectivity index (χ3n) is 3.74. The maximum absolute atomic E-state index is 5.92. The van der Waals surface area contributed by atoms with E-state index in [1.54, 1.807) is 0 Å². The molecule has 0 aromatic heterocycles. The summed E-state index contributed by atoms with van der Waals surface area (Å²) in [6.07, 6.45) is 1.14. The van der Waals surface area contributed by atoms with Gasteiger partial charge in [0.15, 0.2) is 0 Å². The Bertz CT molecular complexity index is 592. The van der Waals surface area contributed by atoms with Crippen LogP contribution in [0.3, 0.4) is 0 Å². The number of nitrogens with zero attached hydrogens (tertiary/aromatic N) is 1. The van der Waals surface area contributed by atoms with Gasteiger partial charge in [-0.3, -0.25) is 4.90 Å². The molecular formula is C17H19ClN2. The van der Waals surface area contributed by atoms with Gasteiger partial charge in [-0.25, -0.2) is 0 Å². The van der Waals surface area contributed by atoms with E-state index in [1.807, 2.05) is 12.1 Å². The predicted molar refractivity (Wildman–Crippen MR) is 85.3 cm³/mol. The summed E-state index contributed by atoms with van der Waals surface area (Å²) in [6, 6.07) is 14.7. The lowest BCUT2D eigenvalue weighted by molar-refractivity contribution is 0.319. The zero-order chi connectivity index (χ0) is 13.9. The largest absolute Gasteiger partial charge is 0.384 e. The Hall–Kier alpha value is -1.51. The molecule has 0 aliphatic carbocycles. The molecule has 1 N–H and O–H groups in total. The van der Waals surface area contributed by atoms with Crippen LogP contribution in [0.5, 0.6) is 0 Å². The number of nitrogens with one attached hydrogen (secondary N) is 1. The van der Waals surface area contributed by atoms with Crippen molar-refractivity contribution in [3.05, 3.63) is 64.2 Å². The van der Waals surface area contributed by atoms with Gasteiger partial charge in [-0.1, -0.05) is 41.9 Å². The zero-order valence-corrected chi connectivity index (χ0v) is 12.5. The molecule has 20 heavy (non-hydrogen) atoms. The highest BCUT2D eigenvalue weighted by Crippen LogP contribution is 2.27. The first-order chi connectivity index (χ1) is 9.72. The molecule has 0 spiro atoms. The van der Waals surface area contributed by atoms with E-state index in [4.69, 9.17) is 11.6 Å². The smallest absolute Gasteiger partial charge is 0.0419 e. The summed E-state index contributed by atoms with van der Waals surface area (Å²) in [7, 11) is 2.16. The monoisotopic (exact) mass is 286 g/mol. The number of benzene rings is 2. The van der Waals surface area contributed by atoms with Crippen LogP contribution in [0.1, 0.15) is 16.7 Å². The molecule has 0 unspecified atom stereocenters. The van der Waals surface area contributed by atoms with Crippen molar-refractivity contribution < 1.29 is 0 Å². The fourth-order valence-corrected chi connectivity index (χ4v) is 2.92. The summed E-state index contributed by atoms with van der Waals surface area (Å²) in [5.41, 5.74) is 5.46. The standard InChI is InChI=1S/C17H19ClN2/c1-20(11-13-5-7-16(18)8-6-13)12-15-4-2-3-14-9-10-19-17(14)15/h2-8,19H,9-12H2,1H3. The van der Waals surface area contributed by atoms with Gasteiger partial charge in [0.25, 0.3) is 0 Å². The summed E-state index contributed by atoms with van der Waals surface area (Å²) in [5, 5.41) is 4.29. The molecule has 3 heteroatoms. The van der Waals surface area contributed by atoms with Crippen molar-refractivity contribution in [2.75, 3.05) is 18.9 Å². The first-order valence-corrected chi connectivity index (χ1v) is 7.38. The second-order valence-electron chi connectivity index (χ2n) is 5.43. The van der Waals surface area contributed by atoms with Crippen molar-refractivity contribution in [1.82, 2.24) is 4.90 Å². The molecule has 2 aromatic carbocycles. The van der Waals surface area contributed by atoms with Gasteiger partial charge < -0.3 is 5.32 Å². The van der Waals surface area contributed by atoms with Crippen LogP contribution in [0.15, 0.2) is 42.5 Å². The molecule has 1 heterocycles. The van der Waals surface area contributed by atoms with Crippen molar-refractivity contribution in [2.45, 2.75) is 19.5 Å². The molecule has 0 saturated carbocycles. The summed E-state index contributed by atoms with van der Waals surface area (Å²) in [6.45, 7) is 2.95. The predicted octanol–water partition coefficient (Wildman–Crippen LogP) is 3.94. The third kappa shape index (κ3) is 2.97. The number of halogens is 1. The Labute approximate surface area is 125 Å². The normalized spacial score (nSPS) is 13.3. The third-order valence-corrected chi connectivity index (χ3v) is 3.99. The number of anilines is 1. The molecule has 104 valence electrons. The van der Waals surface area contributed by atoms with Crippen LogP contribution in [0.4, 0.5) is 5.69 Å². The van der Waals surface area contributed by atoms with Gasteiger partial charge in [-0.05, 0) is 42.3 Å². The van der Waals surface area contributed by atoms with E-state index in [0.717, 1.165) is 31.1 Å². The topological polar surface area (TPSA) is 15.3 Å². The Balaban J connectivity index is 1.69. The van der Waals surface area contributed by atoms with Crippen molar-refractivity contribution in [3.8, 4) is 0 Å². The fraction of sp³-hybridized carbons (Fsp3) is 0.294. The fourth-order valence-electron chi connectivity index (χ4n) is 2.79. The summed E-state index contributed by atoms with van der Waals surface area (Å²) in [4.78, 5) is 2.33. The van der Waals surface area contributed by atoms with Crippen LogP contribution < -0.4 is 5.32 Å². The van der Waals surface area contributed by atoms with Gasteiger partial charge in [0.2, 0.25) is 0 Å². The number of hydrogen-bond acceptors (Lipinski definition) is 2. The SMILES string of the molecule is CN(Cc1ccc(Cl)cc1)Cc1cccc2c1NCC2. The lowest BCUT2D eigenvalue weighted by Gasteiger charge is -2.19. The summed E-state index contributed by atoms with van der Waals surface area (Å²) in [5.74, 6) is 0. The molecule has 0 radical (unpaired) electrons. The molecule has 0 bridgehead atoms. The van der Waals surface area contributed by atoms with E-state index in [9.17, 15) is 0 Å². The Morgan fingerprint density at radius 1 is 1.10 bits per heavy atom. The molecule has 0 atom stereocenters. The van der Waals surface area contributed by atoms with Crippen LogP contribution in [-0.2, 0) is 19.5 Å². The van der Waals surface area contributed by atoms with E-state index in [0.29, 0.717) is 0 Å². The highest BCUT2D eigenvalue weighted by molar-refractivity contribution is 6.30. The van der Waals surface area contributed by atoms with Crippen LogP contribution in [0.2, 0.25) is 5.02 Å². The lowest BCUT2D eigenvalue weighted by Crippen LogP contribution is -2.17. The summed E-state index contributed by atoms with van der Waals surface area (Å²) >= 11 is 5.92. The van der Waals surface area contributed by atoms with Crippen LogP contribution in [-0.4, -0.2) is 18.5 Å². The molecule has 3 rings (SSSR count). The van der Waals surface area contributed by atoms with Gasteiger partial charge >= 0.3 is 0 Å². The lowest BCUT2D eigenvalue weighted by atomic mass is 10.1. The highest BCUT2D eigenvalue weighted by atomic mass is 35.5. The average molecular weight is 287 g/mol. The number of para-hydroxylation sites is 1. The first-order valence-electron chi connectivity index (χ1n) is 7.00. The minimum absolute atomic E-state index is 0.793. The second-order valence-corrected chi connectivity index (χ2v) is 5.86. The Morgan fingerprint density at radius 2 is 1.90 bits per heavy atom. The highest BCUT2D eigenvalue weighted by Gasteiger charge is 2.14. The molecule has 2 aromatic rings. The van der Waals surface area contributed by atoms with Crippen LogP contribution >= 0.6 is 11.6 Å². The maximum atomic E-state index is 5.92. The number of fused-ring (bicyclic) bond motifs is 1. The number of hydrogen-bond donors (Lipinski definition) is 1. The van der Waals surface area contributed by atoms with E-state index in [-0.39, 0.29) is 0 Å². The van der Waals surface area contributed by atoms with Gasteiger partial charge in [0.05, 0.1) is 0 Å². The molecule has 1 aliphatic heterocycles. The van der Waals surface area contributed by atoms with Gasteiger partial charge in [0, 0.05) is 30.3 Å². The molecule has 0 saturated heterocycles. The van der Waals surface area contributed by atoms with E-state index in [1.165, 1.54) is 22.4 Å². The van der Waals surface area contributed by atoms with E-state index in [2.05, 4.69) is 47.6 Å². The van der Waals surface area contributed by atoms with Crippen molar-refractivity contribution >= 4 is 17.3 Å². The zero-order valence-electron chi connectivity index (χ0n) is 11.7. The Morgan fingerprint density at radius 3 is 2.70 bits per heavy atom. The molecular weight excluding hydrogens is 268 g/mol. The minimum Gasteiger partial charge on any atom is -0.384 e. The van der Waals surface area contributed by atoms with Gasteiger partial charge in [-0.15, -0.1) is 0 Å². The van der Waals surface area contributed by atoms with E-state index >= 15 is 0 Å². The van der Waals surface area contributed by atoms with E-state index < -0.39 is 0 Å². The number of rotatable bonds is 4. The van der Waals surface area contributed by atoms with Gasteiger partial charge in [-0.2, -0.15) is 0 Å². The second kappa shape index (κ2) is 5.86. The van der Waals surface area contributed by atoms with Crippen molar-refractivity contribution in [3.63, 3.8) is 0 Å². The summed E-state index contributed by atoms with van der Waals surface area (Å²) < 4.78 is 0. The van der Waals surface area contributed by atoms with Crippen LogP contribution in [0, 0.1) is 0 Å². The quantitative estimate of drug-likeness (QED) is 0.916. The molecule has 1 aliphatic rings. The molecule has 0 fully saturated rings. The van der Waals surface area contributed by atoms with Gasteiger partial charge in [0.1, 0.15) is 0 Å². The molecule has 2 nitrogen and oxygen atoms in total. The average Bonchev–Trinajstić information content (AvgIpc) is 2.91. The van der Waals surface area contributed by atoms with Crippen LogP contribution in [0.25, 0.3) is 0 Å². The maximum Gasteiger partial charge on any atom is 0.0419 e. The van der Waals surface area contributed by atoms with Crippen molar-refractivity contribution in [2.24, 2.45) is 0 Å².